The molecular weight excluding hydrogens is 481 g/mol. The first-order valence-electron chi connectivity index (χ1n) is 10.3. The van der Waals surface area contributed by atoms with Gasteiger partial charge in [0, 0.05) is 0 Å². The van der Waals surface area contributed by atoms with Gasteiger partial charge in [0.25, 0.3) is 0 Å². The molecule has 2 radical (unpaired) electrons. The van der Waals surface area contributed by atoms with Crippen LogP contribution in [0.25, 0.3) is 11.1 Å². The van der Waals surface area contributed by atoms with E-state index in [0.717, 1.165) is 17.2 Å². The summed E-state index contributed by atoms with van der Waals surface area (Å²) >= 11 is 0. The number of hydrogen-bond donors (Lipinski definition) is 1. The minimum atomic E-state index is -5.80. The molecule has 0 aliphatic heterocycles. The van der Waals surface area contributed by atoms with E-state index in [9.17, 15) is 26.8 Å². The molecule has 3 aromatic carbocycles. The van der Waals surface area contributed by atoms with Gasteiger partial charge in [0.15, 0.2) is 6.61 Å². The van der Waals surface area contributed by atoms with Crippen LogP contribution in [0.15, 0.2) is 66.7 Å². The normalized spacial score (nSPS) is 13.1. The molecule has 0 heterocycles. The van der Waals surface area contributed by atoms with Crippen molar-refractivity contribution in [2.45, 2.75) is 17.5 Å². The smallest absolute Gasteiger partial charge is 0.402 e. The van der Waals surface area contributed by atoms with E-state index in [-0.39, 0.29) is 12.1 Å². The van der Waals surface area contributed by atoms with E-state index >= 15 is 0 Å². The van der Waals surface area contributed by atoms with Crippen molar-refractivity contribution in [3.8, 4) is 16.9 Å². The van der Waals surface area contributed by atoms with Crippen molar-refractivity contribution in [3.05, 3.63) is 89.0 Å². The minimum absolute atomic E-state index is 0.0236. The predicted octanol–water partition coefficient (Wildman–Crippen LogP) is 3.71. The standard InChI is InChI=1S/C24H17BF2O7S/c25-12-14-9-10-19(22(28)33-13-24(26,27)35(30,31)32)20(11-14)34-23(29)21-17-7-3-1-5-15(17)16-6-2-4-8-18(16)21/h1-11,21H,12-13H2,(H,30,31,32). The van der Waals surface area contributed by atoms with E-state index in [1.165, 1.54) is 12.1 Å². The third-order valence-electron chi connectivity index (χ3n) is 5.53. The zero-order valence-corrected chi connectivity index (χ0v) is 18.8. The molecule has 1 aliphatic carbocycles. The average Bonchev–Trinajstić information content (AvgIpc) is 3.16. The van der Waals surface area contributed by atoms with Crippen LogP contribution in [0.1, 0.15) is 33.0 Å². The monoisotopic (exact) mass is 498 g/mol. The van der Waals surface area contributed by atoms with E-state index in [1.807, 2.05) is 24.3 Å². The first-order chi connectivity index (χ1) is 16.5. The number of halogens is 2. The van der Waals surface area contributed by atoms with E-state index < -0.39 is 45.4 Å². The minimum Gasteiger partial charge on any atom is -0.454 e. The summed E-state index contributed by atoms with van der Waals surface area (Å²) in [4.78, 5) is 25.8. The van der Waals surface area contributed by atoms with Crippen LogP contribution in [0.3, 0.4) is 0 Å². The summed E-state index contributed by atoms with van der Waals surface area (Å²) in [6.07, 6.45) is 0.0236. The molecule has 0 unspecified atom stereocenters. The lowest BCUT2D eigenvalue weighted by Gasteiger charge is -2.17. The van der Waals surface area contributed by atoms with Crippen LogP contribution in [-0.4, -0.2) is 44.6 Å². The van der Waals surface area contributed by atoms with Gasteiger partial charge in [0.05, 0.1) is 7.85 Å². The van der Waals surface area contributed by atoms with Gasteiger partial charge in [-0.1, -0.05) is 66.5 Å². The molecule has 11 heteroatoms. The van der Waals surface area contributed by atoms with Gasteiger partial charge in [0.2, 0.25) is 0 Å². The number of carbonyl (C=O) groups excluding carboxylic acids is 2. The third kappa shape index (κ3) is 4.69. The first kappa shape index (κ1) is 24.6. The van der Waals surface area contributed by atoms with Gasteiger partial charge in [0.1, 0.15) is 17.2 Å². The molecular formula is C24H17BF2O7S. The molecule has 0 spiro atoms. The Hall–Kier alpha value is -3.57. The highest BCUT2D eigenvalue weighted by atomic mass is 32.2. The molecule has 1 aliphatic rings. The molecule has 0 saturated carbocycles. The van der Waals surface area contributed by atoms with Crippen LogP contribution in [0.4, 0.5) is 8.78 Å². The molecule has 4 rings (SSSR count). The van der Waals surface area contributed by atoms with Crippen LogP contribution in [0, 0.1) is 0 Å². The number of alkyl halides is 2. The summed E-state index contributed by atoms with van der Waals surface area (Å²) < 4.78 is 67.1. The van der Waals surface area contributed by atoms with E-state index in [4.69, 9.17) is 17.1 Å². The summed E-state index contributed by atoms with van der Waals surface area (Å²) in [6.45, 7) is -1.93. The Morgan fingerprint density at radius 3 is 2.09 bits per heavy atom. The van der Waals surface area contributed by atoms with Crippen molar-refractivity contribution < 1.29 is 40.8 Å². The molecule has 0 aromatic heterocycles. The first-order valence-corrected chi connectivity index (χ1v) is 11.7. The van der Waals surface area contributed by atoms with Crippen LogP contribution in [0.2, 0.25) is 0 Å². The number of benzene rings is 3. The Morgan fingerprint density at radius 1 is 0.971 bits per heavy atom. The third-order valence-corrected chi connectivity index (χ3v) is 6.40. The highest BCUT2D eigenvalue weighted by molar-refractivity contribution is 7.86. The quantitative estimate of drug-likeness (QED) is 0.229. The van der Waals surface area contributed by atoms with Gasteiger partial charge in [-0.05, 0) is 34.4 Å². The predicted molar refractivity (Wildman–Crippen MR) is 122 cm³/mol. The topological polar surface area (TPSA) is 107 Å². The lowest BCUT2D eigenvalue weighted by Crippen LogP contribution is -2.34. The summed E-state index contributed by atoms with van der Waals surface area (Å²) in [5.41, 5.74) is 3.18. The summed E-state index contributed by atoms with van der Waals surface area (Å²) in [6, 6.07) is 18.4. The highest BCUT2D eigenvalue weighted by Gasteiger charge is 2.46. The fourth-order valence-corrected chi connectivity index (χ4v) is 4.03. The molecule has 0 bridgehead atoms. The number of hydrogen-bond acceptors (Lipinski definition) is 6. The van der Waals surface area contributed by atoms with Gasteiger partial charge in [-0.25, -0.2) is 4.79 Å². The van der Waals surface area contributed by atoms with Crippen molar-refractivity contribution >= 4 is 29.9 Å². The fourth-order valence-electron chi connectivity index (χ4n) is 3.83. The lowest BCUT2D eigenvalue weighted by molar-refractivity contribution is -0.135. The Bertz CT molecular complexity index is 1380. The van der Waals surface area contributed by atoms with E-state index in [1.54, 1.807) is 24.3 Å². The second-order valence-electron chi connectivity index (χ2n) is 7.75. The van der Waals surface area contributed by atoms with E-state index in [2.05, 4.69) is 4.74 Å². The number of ether oxygens (including phenoxy) is 2. The van der Waals surface area contributed by atoms with Crippen molar-refractivity contribution in [3.63, 3.8) is 0 Å². The van der Waals surface area contributed by atoms with Gasteiger partial charge < -0.3 is 9.47 Å². The summed E-state index contributed by atoms with van der Waals surface area (Å²) in [5.74, 6) is -3.21. The molecule has 35 heavy (non-hydrogen) atoms. The number of rotatable bonds is 7. The van der Waals surface area contributed by atoms with Crippen molar-refractivity contribution in [1.82, 2.24) is 0 Å². The Kier molecular flexibility index (Phi) is 6.48. The molecule has 0 amide bonds. The maximum absolute atomic E-state index is 13.5. The van der Waals surface area contributed by atoms with Crippen molar-refractivity contribution in [1.29, 1.82) is 0 Å². The Balaban J connectivity index is 1.65. The molecule has 7 nitrogen and oxygen atoms in total. The number of fused-ring (bicyclic) bond motifs is 3. The average molecular weight is 498 g/mol. The summed E-state index contributed by atoms with van der Waals surface area (Å²) in [7, 11) is -0.163. The molecule has 0 fully saturated rings. The van der Waals surface area contributed by atoms with Crippen LogP contribution >= 0.6 is 0 Å². The SMILES string of the molecule is [B]Cc1ccc(C(=O)OCC(F)(F)S(=O)(=O)O)c(OC(=O)C2c3ccccc3-c3ccccc32)c1. The zero-order valence-electron chi connectivity index (χ0n) is 18.0. The maximum atomic E-state index is 13.5. The fraction of sp³-hybridized carbons (Fsp3) is 0.167. The summed E-state index contributed by atoms with van der Waals surface area (Å²) in [5, 5.41) is -4.71. The van der Waals surface area contributed by atoms with Crippen molar-refractivity contribution in [2.75, 3.05) is 6.61 Å². The Morgan fingerprint density at radius 2 is 1.54 bits per heavy atom. The largest absolute Gasteiger partial charge is 0.454 e. The van der Waals surface area contributed by atoms with Crippen molar-refractivity contribution in [2.24, 2.45) is 0 Å². The van der Waals surface area contributed by atoms with Gasteiger partial charge in [-0.2, -0.15) is 17.2 Å². The van der Waals surface area contributed by atoms with E-state index in [0.29, 0.717) is 16.7 Å². The molecule has 0 atom stereocenters. The number of esters is 2. The molecule has 3 aromatic rings. The Labute approximate surface area is 200 Å². The second-order valence-corrected chi connectivity index (χ2v) is 9.30. The van der Waals surface area contributed by atoms with Gasteiger partial charge >= 0.3 is 27.3 Å². The molecule has 1 N–H and O–H groups in total. The molecule has 178 valence electrons. The van der Waals surface area contributed by atoms with Crippen LogP contribution < -0.4 is 4.74 Å². The maximum Gasteiger partial charge on any atom is 0.402 e. The number of carbonyl (C=O) groups is 2. The van der Waals surface area contributed by atoms with Crippen LogP contribution in [-0.2, 0) is 26.0 Å². The lowest BCUT2D eigenvalue weighted by atomic mass is 9.95. The highest BCUT2D eigenvalue weighted by Crippen LogP contribution is 2.45. The zero-order chi connectivity index (χ0) is 25.4. The molecule has 0 saturated heterocycles. The second kappa shape index (κ2) is 9.24. The van der Waals surface area contributed by atoms with Crippen LogP contribution in [0.5, 0.6) is 5.75 Å². The van der Waals surface area contributed by atoms with Gasteiger partial charge in [-0.15, -0.1) is 0 Å². The van der Waals surface area contributed by atoms with Gasteiger partial charge in [-0.3, -0.25) is 9.35 Å².